The van der Waals surface area contributed by atoms with Gasteiger partial charge in [0.25, 0.3) is 0 Å². The van der Waals surface area contributed by atoms with Crippen LogP contribution in [0.15, 0.2) is 0 Å². The average molecular weight is 255 g/mol. The van der Waals surface area contributed by atoms with Crippen LogP contribution >= 0.6 is 0 Å². The second-order valence-electron chi connectivity index (χ2n) is 3.88. The molecule has 0 spiro atoms. The van der Waals surface area contributed by atoms with Crippen LogP contribution in [0, 0.1) is 29.1 Å². The van der Waals surface area contributed by atoms with Crippen LogP contribution in [0.2, 0.25) is 0 Å². The van der Waals surface area contributed by atoms with Gasteiger partial charge < -0.3 is 10.8 Å². The van der Waals surface area contributed by atoms with Crippen molar-refractivity contribution in [2.75, 3.05) is 0 Å². The maximum atomic E-state index is 13.3. The summed E-state index contributed by atoms with van der Waals surface area (Å²) in [6.45, 7) is 2.05. The lowest BCUT2D eigenvalue weighted by Gasteiger charge is -2.28. The molecule has 0 saturated heterocycles. The van der Waals surface area contributed by atoms with Crippen molar-refractivity contribution < 1.29 is 27.1 Å². The fraction of sp³-hybridized carbons (Fsp3) is 0.400. The number of benzene rings is 1. The van der Waals surface area contributed by atoms with Crippen LogP contribution in [0.5, 0.6) is 0 Å². The quantitative estimate of drug-likeness (QED) is 0.482. The molecule has 0 heterocycles. The monoisotopic (exact) mass is 255 g/mol. The van der Waals surface area contributed by atoms with Gasteiger partial charge in [-0.05, 0) is 13.8 Å². The summed E-state index contributed by atoms with van der Waals surface area (Å²) in [6, 6.07) is -1.23. The van der Waals surface area contributed by atoms with Gasteiger partial charge in [-0.3, -0.25) is 0 Å². The van der Waals surface area contributed by atoms with Crippen molar-refractivity contribution in [3.63, 3.8) is 0 Å². The van der Waals surface area contributed by atoms with Crippen molar-refractivity contribution in [2.45, 2.75) is 25.5 Å². The van der Waals surface area contributed by atoms with Crippen molar-refractivity contribution in [2.24, 2.45) is 5.73 Å². The summed E-state index contributed by atoms with van der Waals surface area (Å²) in [4.78, 5) is 0. The standard InChI is InChI=1S/C10H10F5NO/c1-3(16)10(2,17)4-5(11)7(13)9(15)8(14)6(4)12/h3,17H,16H2,1-2H3. The molecule has 0 fully saturated rings. The molecule has 0 radical (unpaired) electrons. The Balaban J connectivity index is 3.66. The first-order valence-corrected chi connectivity index (χ1v) is 4.62. The summed E-state index contributed by atoms with van der Waals surface area (Å²) in [5.74, 6) is -10.7. The van der Waals surface area contributed by atoms with Gasteiger partial charge in [-0.2, -0.15) is 0 Å². The molecule has 1 rings (SSSR count). The van der Waals surface area contributed by atoms with E-state index < -0.39 is 46.3 Å². The van der Waals surface area contributed by atoms with Crippen molar-refractivity contribution >= 4 is 0 Å². The van der Waals surface area contributed by atoms with Gasteiger partial charge in [0.1, 0.15) is 5.60 Å². The van der Waals surface area contributed by atoms with Crippen molar-refractivity contribution in [3.8, 4) is 0 Å². The molecule has 1 aromatic rings. The maximum Gasteiger partial charge on any atom is 0.200 e. The molecule has 3 N–H and O–H groups in total. The molecule has 2 atom stereocenters. The minimum absolute atomic E-state index is 0.871. The van der Waals surface area contributed by atoms with Crippen LogP contribution in [-0.2, 0) is 5.60 Å². The fourth-order valence-corrected chi connectivity index (χ4v) is 1.28. The molecular formula is C10H10F5NO. The molecule has 0 aromatic heterocycles. The highest BCUT2D eigenvalue weighted by atomic mass is 19.2. The molecule has 1 aromatic carbocycles. The summed E-state index contributed by atoms with van der Waals surface area (Å²) >= 11 is 0. The molecule has 0 bridgehead atoms. The Morgan fingerprint density at radius 3 is 1.53 bits per heavy atom. The molecule has 17 heavy (non-hydrogen) atoms. The van der Waals surface area contributed by atoms with Crippen LogP contribution in [0.3, 0.4) is 0 Å². The van der Waals surface area contributed by atoms with Gasteiger partial charge in [-0.15, -0.1) is 0 Å². The molecule has 0 aliphatic carbocycles. The third-order valence-corrected chi connectivity index (χ3v) is 2.60. The summed E-state index contributed by atoms with van der Waals surface area (Å²) in [5.41, 5.74) is 1.56. The minimum atomic E-state index is -2.37. The fourth-order valence-electron chi connectivity index (χ4n) is 1.28. The van der Waals surface area contributed by atoms with E-state index in [1.807, 2.05) is 0 Å². The van der Waals surface area contributed by atoms with E-state index in [9.17, 15) is 27.1 Å². The SMILES string of the molecule is CC(N)C(C)(O)c1c(F)c(F)c(F)c(F)c1F. The summed E-state index contributed by atoms with van der Waals surface area (Å²) in [5, 5.41) is 9.70. The van der Waals surface area contributed by atoms with Crippen LogP contribution < -0.4 is 5.73 Å². The van der Waals surface area contributed by atoms with Crippen LogP contribution in [-0.4, -0.2) is 11.1 Å². The lowest BCUT2D eigenvalue weighted by molar-refractivity contribution is 0.0256. The Hall–Kier alpha value is -1.21. The largest absolute Gasteiger partial charge is 0.384 e. The van der Waals surface area contributed by atoms with E-state index in [1.165, 1.54) is 6.92 Å². The van der Waals surface area contributed by atoms with E-state index in [-0.39, 0.29) is 0 Å². The van der Waals surface area contributed by atoms with Gasteiger partial charge in [0.05, 0.1) is 5.56 Å². The normalized spacial score (nSPS) is 16.8. The van der Waals surface area contributed by atoms with E-state index >= 15 is 0 Å². The molecule has 0 saturated carbocycles. The summed E-state index contributed by atoms with van der Waals surface area (Å²) in [7, 11) is 0. The number of hydrogen-bond donors (Lipinski definition) is 2. The third-order valence-electron chi connectivity index (χ3n) is 2.60. The van der Waals surface area contributed by atoms with Gasteiger partial charge in [0, 0.05) is 6.04 Å². The van der Waals surface area contributed by atoms with E-state index in [0.717, 1.165) is 6.92 Å². The Morgan fingerprint density at radius 1 is 0.941 bits per heavy atom. The van der Waals surface area contributed by atoms with Gasteiger partial charge in [-0.25, -0.2) is 22.0 Å². The molecular weight excluding hydrogens is 245 g/mol. The molecule has 2 unspecified atom stereocenters. The molecule has 96 valence electrons. The number of nitrogens with two attached hydrogens (primary N) is 1. The van der Waals surface area contributed by atoms with Crippen molar-refractivity contribution in [3.05, 3.63) is 34.6 Å². The van der Waals surface area contributed by atoms with Gasteiger partial charge in [0.2, 0.25) is 5.82 Å². The second kappa shape index (κ2) is 4.23. The topological polar surface area (TPSA) is 46.2 Å². The van der Waals surface area contributed by atoms with Crippen LogP contribution in [0.1, 0.15) is 19.4 Å². The zero-order valence-corrected chi connectivity index (χ0v) is 8.99. The predicted octanol–water partition coefficient (Wildman–Crippen LogP) is 1.94. The minimum Gasteiger partial charge on any atom is -0.384 e. The molecule has 0 amide bonds. The second-order valence-corrected chi connectivity index (χ2v) is 3.88. The van der Waals surface area contributed by atoms with Gasteiger partial charge >= 0.3 is 0 Å². The lowest BCUT2D eigenvalue weighted by Crippen LogP contribution is -2.42. The predicted molar refractivity (Wildman–Crippen MR) is 49.5 cm³/mol. The Bertz CT molecular complexity index is 429. The van der Waals surface area contributed by atoms with E-state index in [2.05, 4.69) is 0 Å². The molecule has 7 heteroatoms. The van der Waals surface area contributed by atoms with E-state index in [0.29, 0.717) is 0 Å². The highest BCUT2D eigenvalue weighted by Crippen LogP contribution is 2.32. The first-order valence-electron chi connectivity index (χ1n) is 4.62. The molecule has 0 aliphatic rings. The lowest BCUT2D eigenvalue weighted by atomic mass is 9.88. The summed E-state index contributed by atoms with van der Waals surface area (Å²) < 4.78 is 65.2. The third kappa shape index (κ3) is 2.00. The Morgan fingerprint density at radius 2 is 1.24 bits per heavy atom. The van der Waals surface area contributed by atoms with Crippen LogP contribution in [0.4, 0.5) is 22.0 Å². The van der Waals surface area contributed by atoms with E-state index in [1.54, 1.807) is 0 Å². The molecule has 0 aliphatic heterocycles. The van der Waals surface area contributed by atoms with Gasteiger partial charge in [0.15, 0.2) is 23.3 Å². The van der Waals surface area contributed by atoms with Gasteiger partial charge in [-0.1, -0.05) is 0 Å². The summed E-state index contributed by atoms with van der Waals surface area (Å²) in [6.07, 6.45) is 0. The highest BCUT2D eigenvalue weighted by molar-refractivity contribution is 5.30. The average Bonchev–Trinajstić information content (AvgIpc) is 2.23. The molecule has 2 nitrogen and oxygen atoms in total. The van der Waals surface area contributed by atoms with Crippen molar-refractivity contribution in [1.82, 2.24) is 0 Å². The van der Waals surface area contributed by atoms with E-state index in [4.69, 9.17) is 5.73 Å². The van der Waals surface area contributed by atoms with Crippen molar-refractivity contribution in [1.29, 1.82) is 0 Å². The number of rotatable bonds is 2. The first kappa shape index (κ1) is 13.9. The zero-order valence-electron chi connectivity index (χ0n) is 8.99. The maximum absolute atomic E-state index is 13.3. The smallest absolute Gasteiger partial charge is 0.200 e. The number of hydrogen-bond acceptors (Lipinski definition) is 2. The Labute approximate surface area is 93.9 Å². The Kier molecular flexibility index (Phi) is 3.45. The highest BCUT2D eigenvalue weighted by Gasteiger charge is 2.38. The number of halogens is 5. The zero-order chi connectivity index (χ0) is 13.5. The number of aliphatic hydroxyl groups is 1. The van der Waals surface area contributed by atoms with Crippen LogP contribution in [0.25, 0.3) is 0 Å². The first-order chi connectivity index (χ1) is 7.62.